The number of aryl methyl sites for hydroxylation is 1. The molecular formula is C49H36. The minimum Gasteiger partial charge on any atom is -0.0620 e. The molecule has 11 rings (SSSR count). The van der Waals surface area contributed by atoms with Gasteiger partial charge < -0.3 is 0 Å². The van der Waals surface area contributed by atoms with Gasteiger partial charge in [0.2, 0.25) is 0 Å². The fourth-order valence-electron chi connectivity index (χ4n) is 10.4. The SMILES string of the molecule is Cc1cc(-c2ccc3c(c2)C2(Cc4ccccc4C2)c2ccccc2-3)cc(-c2ccc3c(c2)C2(Cc4ccccc4C2)c2ccccc2-3)c1. The lowest BCUT2D eigenvalue weighted by molar-refractivity contribution is 0.564. The molecule has 7 aromatic rings. The summed E-state index contributed by atoms with van der Waals surface area (Å²) >= 11 is 0. The molecule has 0 bridgehead atoms. The van der Waals surface area contributed by atoms with Crippen molar-refractivity contribution in [3.8, 4) is 44.5 Å². The average Bonchev–Trinajstić information content (AvgIpc) is 3.87. The smallest absolute Gasteiger partial charge is 0.0296 e. The number of hydrogen-bond donors (Lipinski definition) is 0. The molecule has 0 heteroatoms. The molecule has 0 aliphatic heterocycles. The van der Waals surface area contributed by atoms with Crippen molar-refractivity contribution in [3.63, 3.8) is 0 Å². The van der Waals surface area contributed by atoms with Crippen LogP contribution >= 0.6 is 0 Å². The highest BCUT2D eigenvalue weighted by atomic mass is 14.5. The maximum Gasteiger partial charge on any atom is 0.0296 e. The van der Waals surface area contributed by atoms with E-state index in [2.05, 4.69) is 159 Å². The van der Waals surface area contributed by atoms with Crippen LogP contribution < -0.4 is 0 Å². The minimum absolute atomic E-state index is 0.000443. The Bertz CT molecular complexity index is 2300. The van der Waals surface area contributed by atoms with Crippen LogP contribution in [-0.2, 0) is 36.5 Å². The Morgan fingerprint density at radius 1 is 0.327 bits per heavy atom. The van der Waals surface area contributed by atoms with E-state index in [9.17, 15) is 0 Å². The van der Waals surface area contributed by atoms with Crippen molar-refractivity contribution in [2.75, 3.05) is 0 Å². The Morgan fingerprint density at radius 3 is 1.12 bits per heavy atom. The molecule has 0 nitrogen and oxygen atoms in total. The van der Waals surface area contributed by atoms with Crippen molar-refractivity contribution in [2.45, 2.75) is 43.4 Å². The average molecular weight is 625 g/mol. The lowest BCUT2D eigenvalue weighted by Crippen LogP contribution is -2.25. The molecule has 0 aromatic heterocycles. The molecule has 0 saturated heterocycles. The second-order valence-corrected chi connectivity index (χ2v) is 15.1. The molecule has 4 aliphatic carbocycles. The van der Waals surface area contributed by atoms with Crippen molar-refractivity contribution in [3.05, 3.63) is 202 Å². The number of fused-ring (bicyclic) bond motifs is 12. The van der Waals surface area contributed by atoms with Gasteiger partial charge in [-0.25, -0.2) is 0 Å². The van der Waals surface area contributed by atoms with Crippen LogP contribution in [0.3, 0.4) is 0 Å². The maximum absolute atomic E-state index is 2.53. The molecule has 0 heterocycles. The minimum atomic E-state index is 0.000443. The summed E-state index contributed by atoms with van der Waals surface area (Å²) in [5.41, 5.74) is 24.1. The largest absolute Gasteiger partial charge is 0.0620 e. The van der Waals surface area contributed by atoms with Crippen LogP contribution in [0.5, 0.6) is 0 Å². The Morgan fingerprint density at radius 2 is 0.694 bits per heavy atom. The van der Waals surface area contributed by atoms with Crippen LogP contribution in [0.1, 0.15) is 50.1 Å². The Hall–Kier alpha value is -5.46. The zero-order valence-electron chi connectivity index (χ0n) is 27.8. The van der Waals surface area contributed by atoms with Crippen LogP contribution in [0.15, 0.2) is 152 Å². The molecule has 0 fully saturated rings. The predicted octanol–water partition coefficient (Wildman–Crippen LogP) is 11.5. The zero-order valence-corrected chi connectivity index (χ0v) is 27.8. The second kappa shape index (κ2) is 9.80. The number of rotatable bonds is 2. The van der Waals surface area contributed by atoms with E-state index in [-0.39, 0.29) is 10.8 Å². The molecule has 49 heavy (non-hydrogen) atoms. The topological polar surface area (TPSA) is 0 Å². The predicted molar refractivity (Wildman–Crippen MR) is 202 cm³/mol. The molecule has 7 aromatic carbocycles. The fraction of sp³-hybridized carbons (Fsp3) is 0.143. The molecule has 4 aliphatic rings. The van der Waals surface area contributed by atoms with Crippen molar-refractivity contribution in [1.82, 2.24) is 0 Å². The molecule has 0 unspecified atom stereocenters. The van der Waals surface area contributed by atoms with E-state index in [1.54, 1.807) is 0 Å². The summed E-state index contributed by atoms with van der Waals surface area (Å²) in [4.78, 5) is 0. The van der Waals surface area contributed by atoms with Gasteiger partial charge in [0, 0.05) is 10.8 Å². The molecule has 0 N–H and O–H groups in total. The van der Waals surface area contributed by atoms with Crippen molar-refractivity contribution >= 4 is 0 Å². The van der Waals surface area contributed by atoms with Gasteiger partial charge in [-0.3, -0.25) is 0 Å². The summed E-state index contributed by atoms with van der Waals surface area (Å²) in [5.74, 6) is 0. The summed E-state index contributed by atoms with van der Waals surface area (Å²) in [6, 6.07) is 58.2. The summed E-state index contributed by atoms with van der Waals surface area (Å²) in [7, 11) is 0. The summed E-state index contributed by atoms with van der Waals surface area (Å²) in [6.07, 6.45) is 4.27. The molecule has 0 radical (unpaired) electrons. The first-order valence-electron chi connectivity index (χ1n) is 17.8. The first kappa shape index (κ1) is 27.5. The molecule has 0 atom stereocenters. The first-order chi connectivity index (χ1) is 24.1. The van der Waals surface area contributed by atoms with E-state index in [1.807, 2.05) is 0 Å². The molecule has 2 spiro atoms. The van der Waals surface area contributed by atoms with E-state index >= 15 is 0 Å². The Labute approximate surface area is 288 Å². The van der Waals surface area contributed by atoms with Crippen molar-refractivity contribution in [2.24, 2.45) is 0 Å². The highest BCUT2D eigenvalue weighted by Crippen LogP contribution is 2.57. The van der Waals surface area contributed by atoms with Gasteiger partial charge in [-0.05, 0) is 145 Å². The van der Waals surface area contributed by atoms with Gasteiger partial charge in [-0.2, -0.15) is 0 Å². The molecular weight excluding hydrogens is 589 g/mol. The van der Waals surface area contributed by atoms with Crippen LogP contribution in [-0.4, -0.2) is 0 Å². The highest BCUT2D eigenvalue weighted by Gasteiger charge is 2.48. The van der Waals surface area contributed by atoms with E-state index < -0.39 is 0 Å². The first-order valence-corrected chi connectivity index (χ1v) is 17.8. The third kappa shape index (κ3) is 3.75. The van der Waals surface area contributed by atoms with Gasteiger partial charge in [-0.1, -0.05) is 133 Å². The van der Waals surface area contributed by atoms with Crippen molar-refractivity contribution < 1.29 is 0 Å². The van der Waals surface area contributed by atoms with Gasteiger partial charge >= 0.3 is 0 Å². The zero-order chi connectivity index (χ0) is 32.3. The highest BCUT2D eigenvalue weighted by molar-refractivity contribution is 5.88. The summed E-state index contributed by atoms with van der Waals surface area (Å²) in [6.45, 7) is 2.25. The third-order valence-electron chi connectivity index (χ3n) is 12.5. The quantitative estimate of drug-likeness (QED) is 0.180. The van der Waals surface area contributed by atoms with Gasteiger partial charge in [0.25, 0.3) is 0 Å². The monoisotopic (exact) mass is 624 g/mol. The normalized spacial score (nSPS) is 16.3. The Kier molecular flexibility index (Phi) is 5.50. The van der Waals surface area contributed by atoms with Crippen LogP contribution in [0, 0.1) is 6.92 Å². The van der Waals surface area contributed by atoms with E-state index in [1.165, 1.54) is 94.6 Å². The molecule has 0 saturated carbocycles. The fourth-order valence-corrected chi connectivity index (χ4v) is 10.4. The standard InChI is InChI=1S/C49H36/c1-31-22-38(32-18-20-42-40-14-6-8-16-44(40)48(46(42)25-32)27-34-10-2-3-11-35(34)28-48)24-39(23-31)33-19-21-43-41-15-7-9-17-45(41)49(47(43)26-33)29-36-12-4-5-13-37(36)30-49/h2-26H,27-30H2,1H3. The van der Waals surface area contributed by atoms with Crippen LogP contribution in [0.4, 0.5) is 0 Å². The summed E-state index contributed by atoms with van der Waals surface area (Å²) < 4.78 is 0. The second-order valence-electron chi connectivity index (χ2n) is 15.1. The van der Waals surface area contributed by atoms with E-state index in [0.29, 0.717) is 0 Å². The van der Waals surface area contributed by atoms with Crippen molar-refractivity contribution in [1.29, 1.82) is 0 Å². The molecule has 0 amide bonds. The lowest BCUT2D eigenvalue weighted by Gasteiger charge is -2.27. The van der Waals surface area contributed by atoms with Gasteiger partial charge in [0.05, 0.1) is 0 Å². The van der Waals surface area contributed by atoms with Crippen LogP contribution in [0.2, 0.25) is 0 Å². The van der Waals surface area contributed by atoms with Gasteiger partial charge in [-0.15, -0.1) is 0 Å². The van der Waals surface area contributed by atoms with E-state index in [0.717, 1.165) is 25.7 Å². The lowest BCUT2D eigenvalue weighted by atomic mass is 9.75. The Balaban J connectivity index is 1.03. The third-order valence-corrected chi connectivity index (χ3v) is 12.5. The number of benzene rings is 7. The molecule has 232 valence electrons. The summed E-state index contributed by atoms with van der Waals surface area (Å²) in [5, 5.41) is 0. The van der Waals surface area contributed by atoms with Gasteiger partial charge in [0.15, 0.2) is 0 Å². The maximum atomic E-state index is 2.53. The van der Waals surface area contributed by atoms with E-state index in [4.69, 9.17) is 0 Å². The van der Waals surface area contributed by atoms with Crippen LogP contribution in [0.25, 0.3) is 44.5 Å². The van der Waals surface area contributed by atoms with Gasteiger partial charge in [0.1, 0.15) is 0 Å². The number of hydrogen-bond acceptors (Lipinski definition) is 0.